The van der Waals surface area contributed by atoms with E-state index in [9.17, 15) is 14.4 Å². The van der Waals surface area contributed by atoms with Gasteiger partial charge in [-0.15, -0.1) is 0 Å². The minimum atomic E-state index is -4.93. The number of amides is 2. The lowest BCUT2D eigenvalue weighted by Crippen LogP contribution is -2.52. The number of anilines is 5. The van der Waals surface area contributed by atoms with Gasteiger partial charge in [0.2, 0.25) is 5.91 Å². The molecule has 2 amide bonds. The molecule has 16 heteroatoms. The van der Waals surface area contributed by atoms with Gasteiger partial charge in [-0.3, -0.25) is 24.2 Å². The van der Waals surface area contributed by atoms with Crippen molar-refractivity contribution in [1.82, 2.24) is 24.0 Å². The summed E-state index contributed by atoms with van der Waals surface area (Å²) in [7, 11) is 1.43. The maximum atomic E-state index is 15.2. The van der Waals surface area contributed by atoms with Crippen molar-refractivity contribution in [2.24, 2.45) is 12.5 Å². The lowest BCUT2D eigenvalue weighted by Gasteiger charge is -2.44. The van der Waals surface area contributed by atoms with Crippen molar-refractivity contribution >= 4 is 40.5 Å². The maximum Gasteiger partial charge on any atom is 0.420 e. The Hall–Kier alpha value is -5.48. The number of alkyl halides is 3. The molecule has 1 unspecified atom stereocenters. The van der Waals surface area contributed by atoms with E-state index in [4.69, 9.17) is 4.74 Å². The van der Waals surface area contributed by atoms with Gasteiger partial charge in [0.05, 0.1) is 30.3 Å². The Kier molecular flexibility index (Phi) is 10.2. The predicted molar refractivity (Wildman–Crippen MR) is 216 cm³/mol. The minimum absolute atomic E-state index is 0.00576. The zero-order valence-corrected chi connectivity index (χ0v) is 33.2. The van der Waals surface area contributed by atoms with Gasteiger partial charge in [0.1, 0.15) is 17.1 Å². The van der Waals surface area contributed by atoms with E-state index in [-0.39, 0.29) is 35.1 Å². The van der Waals surface area contributed by atoms with Gasteiger partial charge in [0.15, 0.2) is 5.82 Å². The van der Waals surface area contributed by atoms with Gasteiger partial charge in [0.25, 0.3) is 11.5 Å². The molecular formula is C42H48F3N9O4. The highest BCUT2D eigenvalue weighted by Crippen LogP contribution is 2.44. The Morgan fingerprint density at radius 3 is 2.55 bits per heavy atom. The molecule has 2 fully saturated rings. The minimum Gasteiger partial charge on any atom is -0.379 e. The number of ether oxygens (including phenoxy) is 1. The number of pyridine rings is 1. The Morgan fingerprint density at radius 2 is 1.83 bits per heavy atom. The van der Waals surface area contributed by atoms with Crippen molar-refractivity contribution in [3.05, 3.63) is 88.2 Å². The summed E-state index contributed by atoms with van der Waals surface area (Å²) in [6, 6.07) is 8.83. The molecule has 306 valence electrons. The second kappa shape index (κ2) is 15.0. The standard InChI is InChI=1S/C42H48F3N9O4/c1-6-35(55)48-30-21-27(7-8-32(30)52-12-10-28(19-25(52)2)51-15-17-58-18-16-51)47-37-40(57)50(5)24-31(49-37)29-9-11-46-38(36(29)42(43,44)45)54-14-13-53-33(39(54)56)20-26-22-41(3,4)23-34(26)53/h6-9,11,20-21,24-25,28H,1,10,12-19,22-23H2,2-5H3,(H,47,49)(H,48,55)/t25-,28?/m0/s1. The Labute approximate surface area is 334 Å². The Bertz CT molecular complexity index is 2350. The number of nitrogens with zero attached hydrogens (tertiary/aromatic N) is 7. The first-order chi connectivity index (χ1) is 27.6. The van der Waals surface area contributed by atoms with Gasteiger partial charge in [-0.2, -0.15) is 13.2 Å². The number of nitrogens with one attached hydrogen (secondary N) is 2. The molecule has 8 rings (SSSR count). The molecule has 0 radical (unpaired) electrons. The van der Waals surface area contributed by atoms with Gasteiger partial charge >= 0.3 is 6.18 Å². The summed E-state index contributed by atoms with van der Waals surface area (Å²) in [5.74, 6) is -1.73. The summed E-state index contributed by atoms with van der Waals surface area (Å²) in [6.07, 6.45) is 2.13. The third-order valence-corrected chi connectivity index (χ3v) is 11.9. The average Bonchev–Trinajstić information content (AvgIpc) is 3.68. The fourth-order valence-electron chi connectivity index (χ4n) is 9.14. The smallest absolute Gasteiger partial charge is 0.379 e. The van der Waals surface area contributed by atoms with Crippen molar-refractivity contribution in [3.8, 4) is 11.3 Å². The fraction of sp³-hybridized carbons (Fsp3) is 0.452. The Balaban J connectivity index is 1.10. The lowest BCUT2D eigenvalue weighted by atomic mass is 9.90. The zero-order valence-electron chi connectivity index (χ0n) is 33.2. The summed E-state index contributed by atoms with van der Waals surface area (Å²) in [6.45, 7) is 14.4. The number of hydrogen-bond acceptors (Lipinski definition) is 9. The van der Waals surface area contributed by atoms with Crippen LogP contribution < -0.4 is 26.0 Å². The lowest BCUT2D eigenvalue weighted by molar-refractivity contribution is -0.136. The molecule has 6 heterocycles. The second-order valence-electron chi connectivity index (χ2n) is 16.5. The van der Waals surface area contributed by atoms with E-state index in [0.717, 1.165) is 84.9 Å². The molecule has 1 aromatic carbocycles. The average molecular weight is 800 g/mol. The van der Waals surface area contributed by atoms with Crippen LogP contribution in [0.25, 0.3) is 11.3 Å². The molecule has 2 saturated heterocycles. The highest BCUT2D eigenvalue weighted by Gasteiger charge is 2.43. The SMILES string of the molecule is C=CC(=O)Nc1cc(Nc2nc(-c3ccnc(N4CCn5c(cc6c5CC(C)(C)C6)C4=O)c3C(F)(F)F)cn(C)c2=O)ccc1N1CCC(N2CCOCC2)C[C@@H]1C. The van der Waals surface area contributed by atoms with E-state index < -0.39 is 34.9 Å². The van der Waals surface area contributed by atoms with Gasteiger partial charge in [-0.25, -0.2) is 9.97 Å². The zero-order chi connectivity index (χ0) is 41.1. The summed E-state index contributed by atoms with van der Waals surface area (Å²) < 4.78 is 54.2. The third kappa shape index (κ3) is 7.39. The van der Waals surface area contributed by atoms with Gasteiger partial charge in [-0.05, 0) is 80.0 Å². The van der Waals surface area contributed by atoms with Crippen molar-refractivity contribution in [2.45, 2.75) is 71.3 Å². The number of aryl methyl sites for hydroxylation is 1. The topological polar surface area (TPSA) is 130 Å². The van der Waals surface area contributed by atoms with Crippen LogP contribution in [0.15, 0.2) is 60.2 Å². The monoisotopic (exact) mass is 799 g/mol. The van der Waals surface area contributed by atoms with Crippen LogP contribution in [-0.4, -0.2) is 87.3 Å². The number of halogens is 3. The number of aromatic nitrogens is 4. The van der Waals surface area contributed by atoms with Crippen LogP contribution in [-0.2, 0) is 42.1 Å². The highest BCUT2D eigenvalue weighted by molar-refractivity contribution is 6.06. The Morgan fingerprint density at radius 1 is 1.05 bits per heavy atom. The molecule has 2 N–H and O–H groups in total. The summed E-state index contributed by atoms with van der Waals surface area (Å²) in [4.78, 5) is 54.4. The molecule has 0 spiro atoms. The number of morpholine rings is 1. The normalized spacial score (nSPS) is 20.8. The van der Waals surface area contributed by atoms with Crippen LogP contribution in [0.1, 0.15) is 60.9 Å². The van der Waals surface area contributed by atoms with E-state index in [1.165, 1.54) is 31.6 Å². The van der Waals surface area contributed by atoms with Crippen LogP contribution in [0.2, 0.25) is 0 Å². The van der Waals surface area contributed by atoms with E-state index in [2.05, 4.69) is 57.8 Å². The van der Waals surface area contributed by atoms with Crippen LogP contribution in [0.4, 0.5) is 41.9 Å². The van der Waals surface area contributed by atoms with Crippen molar-refractivity contribution in [1.29, 1.82) is 0 Å². The number of carbonyl (C=O) groups excluding carboxylic acids is 2. The van der Waals surface area contributed by atoms with Gasteiger partial charge in [-0.1, -0.05) is 20.4 Å². The number of carbonyl (C=O) groups is 2. The van der Waals surface area contributed by atoms with Crippen LogP contribution in [0.3, 0.4) is 0 Å². The largest absolute Gasteiger partial charge is 0.420 e. The predicted octanol–water partition coefficient (Wildman–Crippen LogP) is 6.01. The van der Waals surface area contributed by atoms with Gasteiger partial charge < -0.3 is 29.4 Å². The summed E-state index contributed by atoms with van der Waals surface area (Å²) >= 11 is 0. The fourth-order valence-corrected chi connectivity index (χ4v) is 9.14. The van der Waals surface area contributed by atoms with Crippen LogP contribution >= 0.6 is 0 Å². The summed E-state index contributed by atoms with van der Waals surface area (Å²) in [5, 5.41) is 5.89. The first-order valence-electron chi connectivity index (χ1n) is 19.7. The molecule has 4 aromatic rings. The number of rotatable bonds is 8. The second-order valence-corrected chi connectivity index (χ2v) is 16.5. The third-order valence-electron chi connectivity index (χ3n) is 11.9. The van der Waals surface area contributed by atoms with Gasteiger partial charge in [0, 0.05) is 81.2 Å². The number of benzene rings is 1. The molecule has 58 heavy (non-hydrogen) atoms. The van der Waals surface area contributed by atoms with E-state index in [0.29, 0.717) is 29.7 Å². The molecule has 0 bridgehead atoms. The number of piperidine rings is 1. The molecule has 13 nitrogen and oxygen atoms in total. The number of hydrogen-bond donors (Lipinski definition) is 2. The van der Waals surface area contributed by atoms with Crippen LogP contribution in [0, 0.1) is 5.41 Å². The number of fused-ring (bicyclic) bond motifs is 3. The van der Waals surface area contributed by atoms with E-state index in [1.54, 1.807) is 18.2 Å². The van der Waals surface area contributed by atoms with Crippen LogP contribution in [0.5, 0.6) is 0 Å². The highest BCUT2D eigenvalue weighted by atomic mass is 19.4. The quantitative estimate of drug-likeness (QED) is 0.206. The first-order valence-corrected chi connectivity index (χ1v) is 19.7. The molecule has 0 saturated carbocycles. The van der Waals surface area contributed by atoms with Crippen molar-refractivity contribution < 1.29 is 27.5 Å². The summed E-state index contributed by atoms with van der Waals surface area (Å²) in [5.41, 5.74) is 1.95. The molecule has 2 atom stereocenters. The molecule has 3 aromatic heterocycles. The first kappa shape index (κ1) is 39.4. The molecule has 4 aliphatic rings. The van der Waals surface area contributed by atoms with E-state index in [1.807, 2.05) is 10.6 Å². The molecule has 3 aliphatic heterocycles. The maximum absolute atomic E-state index is 15.2. The molecule has 1 aliphatic carbocycles. The van der Waals surface area contributed by atoms with Crippen molar-refractivity contribution in [2.75, 3.05) is 59.8 Å². The van der Waals surface area contributed by atoms with Crippen molar-refractivity contribution in [3.63, 3.8) is 0 Å². The van der Waals surface area contributed by atoms with E-state index >= 15 is 13.2 Å². The molecular weight excluding hydrogens is 752 g/mol.